The number of rotatable bonds is 1. The second-order valence-corrected chi connectivity index (χ2v) is 4.58. The van der Waals surface area contributed by atoms with Crippen molar-refractivity contribution in [2.45, 2.75) is 0 Å². The van der Waals surface area contributed by atoms with Crippen LogP contribution < -0.4 is 5.73 Å². The molecule has 0 amide bonds. The monoisotopic (exact) mass is 288 g/mol. The summed E-state index contributed by atoms with van der Waals surface area (Å²) in [4.78, 5) is 8.10. The third-order valence-corrected chi connectivity index (χ3v) is 3.05. The van der Waals surface area contributed by atoms with E-state index in [-0.39, 0.29) is 5.95 Å². The van der Waals surface area contributed by atoms with Crippen LogP contribution in [0.2, 0.25) is 0 Å². The Morgan fingerprint density at radius 1 is 1.18 bits per heavy atom. The largest absolute Gasteiger partial charge is 0.368 e. The predicted molar refractivity (Wildman–Crippen MR) is 71.0 cm³/mol. The average molecular weight is 289 g/mol. The molecule has 3 rings (SSSR count). The van der Waals surface area contributed by atoms with Crippen LogP contribution >= 0.6 is 15.9 Å². The van der Waals surface area contributed by atoms with Crippen molar-refractivity contribution in [3.63, 3.8) is 0 Å². The minimum atomic E-state index is 0.277. The Labute approximate surface area is 106 Å². The molecule has 1 aromatic carbocycles. The molecule has 0 bridgehead atoms. The van der Waals surface area contributed by atoms with Gasteiger partial charge in [-0.2, -0.15) is 4.98 Å². The molecule has 0 saturated carbocycles. The van der Waals surface area contributed by atoms with Gasteiger partial charge in [-0.3, -0.25) is 0 Å². The van der Waals surface area contributed by atoms with E-state index in [2.05, 4.69) is 32.0 Å². The highest BCUT2D eigenvalue weighted by atomic mass is 79.9. The number of benzene rings is 1. The fraction of sp³-hybridized carbons (Fsp3) is 0. The van der Waals surface area contributed by atoms with Gasteiger partial charge in [-0.1, -0.05) is 22.0 Å². The fourth-order valence-electron chi connectivity index (χ4n) is 1.80. The topological polar surface area (TPSA) is 56.7 Å². The minimum absolute atomic E-state index is 0.277. The average Bonchev–Trinajstić information content (AvgIpc) is 2.71. The zero-order valence-electron chi connectivity index (χ0n) is 8.84. The fourth-order valence-corrected chi connectivity index (χ4v) is 2.15. The number of hydrogen-bond acceptors (Lipinski definition) is 3. The molecule has 17 heavy (non-hydrogen) atoms. The number of halogens is 1. The van der Waals surface area contributed by atoms with Crippen molar-refractivity contribution in [3.05, 3.63) is 47.2 Å². The Morgan fingerprint density at radius 2 is 2.06 bits per heavy atom. The molecule has 84 valence electrons. The molecule has 2 aromatic heterocycles. The van der Waals surface area contributed by atoms with Gasteiger partial charge in [0.25, 0.3) is 0 Å². The van der Waals surface area contributed by atoms with Crippen LogP contribution in [0.1, 0.15) is 0 Å². The Kier molecular flexibility index (Phi) is 2.33. The Morgan fingerprint density at radius 3 is 2.88 bits per heavy atom. The van der Waals surface area contributed by atoms with E-state index >= 15 is 0 Å². The summed E-state index contributed by atoms with van der Waals surface area (Å²) in [7, 11) is 0. The SMILES string of the molecule is Nc1nccc(-n2ccc3ccc(Br)cc32)n1. The van der Waals surface area contributed by atoms with Gasteiger partial charge in [0.2, 0.25) is 5.95 Å². The summed E-state index contributed by atoms with van der Waals surface area (Å²) in [6.45, 7) is 0. The van der Waals surface area contributed by atoms with E-state index in [1.54, 1.807) is 6.20 Å². The van der Waals surface area contributed by atoms with Crippen molar-refractivity contribution < 1.29 is 0 Å². The predicted octanol–water partition coefficient (Wildman–Crippen LogP) is 2.77. The highest BCUT2D eigenvalue weighted by molar-refractivity contribution is 9.10. The number of anilines is 1. The van der Waals surface area contributed by atoms with E-state index in [0.29, 0.717) is 0 Å². The van der Waals surface area contributed by atoms with Gasteiger partial charge in [-0.15, -0.1) is 0 Å². The summed E-state index contributed by atoms with van der Waals surface area (Å²) in [5.74, 6) is 1.05. The molecular formula is C12H9BrN4. The number of hydrogen-bond donors (Lipinski definition) is 1. The normalized spacial score (nSPS) is 10.9. The first-order chi connectivity index (χ1) is 8.24. The number of nitrogens with two attached hydrogens (primary N) is 1. The smallest absolute Gasteiger partial charge is 0.221 e. The standard InChI is InChI=1S/C12H9BrN4/c13-9-2-1-8-4-6-17(10(8)7-9)11-3-5-15-12(14)16-11/h1-7H,(H2,14,15,16). The van der Waals surface area contributed by atoms with Gasteiger partial charge in [0.1, 0.15) is 5.82 Å². The second kappa shape index (κ2) is 3.85. The lowest BCUT2D eigenvalue weighted by Crippen LogP contribution is -2.00. The van der Waals surface area contributed by atoms with Gasteiger partial charge in [0, 0.05) is 22.3 Å². The molecular weight excluding hydrogens is 280 g/mol. The molecule has 0 unspecified atom stereocenters. The molecule has 0 spiro atoms. The van der Waals surface area contributed by atoms with Gasteiger partial charge < -0.3 is 10.3 Å². The zero-order valence-corrected chi connectivity index (χ0v) is 10.4. The maximum absolute atomic E-state index is 5.59. The van der Waals surface area contributed by atoms with Crippen LogP contribution in [0.5, 0.6) is 0 Å². The molecule has 0 saturated heterocycles. The maximum atomic E-state index is 5.59. The molecule has 5 heteroatoms. The molecule has 0 aliphatic heterocycles. The highest BCUT2D eigenvalue weighted by Gasteiger charge is 2.05. The summed E-state index contributed by atoms with van der Waals surface area (Å²) < 4.78 is 3.02. The lowest BCUT2D eigenvalue weighted by Gasteiger charge is -2.04. The summed E-state index contributed by atoms with van der Waals surface area (Å²) >= 11 is 3.47. The van der Waals surface area contributed by atoms with Crippen molar-refractivity contribution in [2.24, 2.45) is 0 Å². The quantitative estimate of drug-likeness (QED) is 0.749. The van der Waals surface area contributed by atoms with Crippen LogP contribution in [0, 0.1) is 0 Å². The second-order valence-electron chi connectivity index (χ2n) is 3.66. The summed E-state index contributed by atoms with van der Waals surface area (Å²) in [6.07, 6.45) is 3.63. The van der Waals surface area contributed by atoms with Crippen LogP contribution in [0.3, 0.4) is 0 Å². The molecule has 3 aromatic rings. The van der Waals surface area contributed by atoms with Crippen LogP contribution in [-0.2, 0) is 0 Å². The lowest BCUT2D eigenvalue weighted by molar-refractivity contribution is 1.02. The van der Waals surface area contributed by atoms with Crippen LogP contribution in [0.15, 0.2) is 47.2 Å². The van der Waals surface area contributed by atoms with Crippen molar-refractivity contribution in [1.82, 2.24) is 14.5 Å². The number of nitrogens with zero attached hydrogens (tertiary/aromatic N) is 3. The minimum Gasteiger partial charge on any atom is -0.368 e. The molecule has 4 nitrogen and oxygen atoms in total. The first-order valence-electron chi connectivity index (χ1n) is 5.09. The lowest BCUT2D eigenvalue weighted by atomic mass is 10.2. The third kappa shape index (κ3) is 1.78. The van der Waals surface area contributed by atoms with Crippen molar-refractivity contribution in [1.29, 1.82) is 0 Å². The first kappa shape index (κ1) is 10.3. The highest BCUT2D eigenvalue weighted by Crippen LogP contribution is 2.23. The van der Waals surface area contributed by atoms with Gasteiger partial charge >= 0.3 is 0 Å². The van der Waals surface area contributed by atoms with Gasteiger partial charge in [-0.25, -0.2) is 4.98 Å². The van der Waals surface area contributed by atoms with Gasteiger partial charge in [0.05, 0.1) is 5.52 Å². The molecule has 0 aliphatic carbocycles. The van der Waals surface area contributed by atoms with E-state index in [9.17, 15) is 0 Å². The summed E-state index contributed by atoms with van der Waals surface area (Å²) in [5, 5.41) is 1.16. The van der Waals surface area contributed by atoms with Crippen LogP contribution in [-0.4, -0.2) is 14.5 Å². The van der Waals surface area contributed by atoms with E-state index in [4.69, 9.17) is 5.73 Å². The van der Waals surface area contributed by atoms with Gasteiger partial charge in [-0.05, 0) is 24.3 Å². The Balaban J connectivity index is 2.27. The molecule has 2 N–H and O–H groups in total. The van der Waals surface area contributed by atoms with Crippen LogP contribution in [0.4, 0.5) is 5.95 Å². The molecule has 0 atom stereocenters. The molecule has 2 heterocycles. The van der Waals surface area contributed by atoms with Crippen LogP contribution in [0.25, 0.3) is 16.7 Å². The molecule has 0 fully saturated rings. The Hall–Kier alpha value is -1.88. The van der Waals surface area contributed by atoms with E-state index in [1.165, 1.54) is 0 Å². The summed E-state index contributed by atoms with van der Waals surface area (Å²) in [6, 6.07) is 9.99. The van der Waals surface area contributed by atoms with E-state index in [1.807, 2.05) is 35.0 Å². The van der Waals surface area contributed by atoms with Gasteiger partial charge in [0.15, 0.2) is 0 Å². The zero-order chi connectivity index (χ0) is 11.8. The Bertz CT molecular complexity index is 690. The third-order valence-electron chi connectivity index (χ3n) is 2.56. The number of aromatic nitrogens is 3. The molecule has 0 aliphatic rings. The summed E-state index contributed by atoms with van der Waals surface area (Å²) in [5.41, 5.74) is 6.67. The van der Waals surface area contributed by atoms with Crippen molar-refractivity contribution in [3.8, 4) is 5.82 Å². The maximum Gasteiger partial charge on any atom is 0.221 e. The van der Waals surface area contributed by atoms with E-state index < -0.39 is 0 Å². The van der Waals surface area contributed by atoms with Crippen molar-refractivity contribution in [2.75, 3.05) is 5.73 Å². The first-order valence-corrected chi connectivity index (χ1v) is 5.89. The molecule has 0 radical (unpaired) electrons. The number of fused-ring (bicyclic) bond motifs is 1. The van der Waals surface area contributed by atoms with Crippen molar-refractivity contribution >= 4 is 32.8 Å². The van der Waals surface area contributed by atoms with E-state index in [0.717, 1.165) is 21.2 Å². The number of nitrogen functional groups attached to an aromatic ring is 1.